The van der Waals surface area contributed by atoms with Crippen molar-refractivity contribution in [3.63, 3.8) is 0 Å². The second kappa shape index (κ2) is 3.55. The van der Waals surface area contributed by atoms with E-state index in [0.29, 0.717) is 13.2 Å². The van der Waals surface area contributed by atoms with Crippen molar-refractivity contribution in [2.75, 3.05) is 13.2 Å². The van der Waals surface area contributed by atoms with Crippen molar-refractivity contribution in [1.82, 2.24) is 0 Å². The van der Waals surface area contributed by atoms with Gasteiger partial charge in [-0.05, 0) is 27.7 Å². The van der Waals surface area contributed by atoms with E-state index in [1.807, 2.05) is 27.7 Å². The van der Waals surface area contributed by atoms with Gasteiger partial charge in [0.1, 0.15) is 18.8 Å². The third kappa shape index (κ3) is 1.82. The van der Waals surface area contributed by atoms with E-state index in [1.165, 1.54) is 0 Å². The molecular formula is C13H20O5. The van der Waals surface area contributed by atoms with Gasteiger partial charge in [0.05, 0.1) is 6.61 Å². The molecule has 0 aliphatic carbocycles. The first-order valence-corrected chi connectivity index (χ1v) is 6.26. The topological polar surface area (TPSA) is 46.2 Å². The molecule has 0 amide bonds. The van der Waals surface area contributed by atoms with E-state index in [2.05, 4.69) is 6.58 Å². The highest BCUT2D eigenvalue weighted by atomic mass is 16.8. The van der Waals surface area contributed by atoms with Crippen molar-refractivity contribution in [3.8, 4) is 0 Å². The second-order valence-corrected chi connectivity index (χ2v) is 5.97. The van der Waals surface area contributed by atoms with E-state index in [9.17, 15) is 0 Å². The summed E-state index contributed by atoms with van der Waals surface area (Å²) in [6.07, 6.45) is -0.323. The van der Waals surface area contributed by atoms with Gasteiger partial charge in [0.2, 0.25) is 5.79 Å². The quantitative estimate of drug-likeness (QED) is 0.616. The number of ether oxygens (including phenoxy) is 5. The molecule has 102 valence electrons. The lowest BCUT2D eigenvalue weighted by molar-refractivity contribution is -0.256. The van der Waals surface area contributed by atoms with Crippen LogP contribution in [0.5, 0.6) is 0 Å². The van der Waals surface area contributed by atoms with Crippen LogP contribution < -0.4 is 0 Å². The lowest BCUT2D eigenvalue weighted by Gasteiger charge is -2.39. The van der Waals surface area contributed by atoms with Gasteiger partial charge in [0, 0.05) is 5.57 Å². The molecule has 3 aliphatic rings. The van der Waals surface area contributed by atoms with Crippen LogP contribution in [-0.4, -0.2) is 42.8 Å². The molecule has 0 aromatic carbocycles. The van der Waals surface area contributed by atoms with Crippen LogP contribution in [0.25, 0.3) is 0 Å². The van der Waals surface area contributed by atoms with Gasteiger partial charge < -0.3 is 23.7 Å². The highest BCUT2D eigenvalue weighted by molar-refractivity contribution is 5.22. The van der Waals surface area contributed by atoms with Crippen LogP contribution in [0.3, 0.4) is 0 Å². The lowest BCUT2D eigenvalue weighted by Crippen LogP contribution is -2.52. The van der Waals surface area contributed by atoms with Crippen molar-refractivity contribution in [1.29, 1.82) is 0 Å². The average Bonchev–Trinajstić information content (AvgIpc) is 2.71. The Kier molecular flexibility index (Phi) is 2.48. The second-order valence-electron chi connectivity index (χ2n) is 5.97. The number of fused-ring (bicyclic) bond motifs is 1. The Hall–Kier alpha value is -0.460. The third-order valence-electron chi connectivity index (χ3n) is 3.52. The molecule has 3 atom stereocenters. The fourth-order valence-electron chi connectivity index (χ4n) is 2.73. The Labute approximate surface area is 107 Å². The van der Waals surface area contributed by atoms with Gasteiger partial charge in [-0.2, -0.15) is 0 Å². The third-order valence-corrected chi connectivity index (χ3v) is 3.52. The van der Waals surface area contributed by atoms with Gasteiger partial charge in [0.25, 0.3) is 0 Å². The molecule has 1 spiro atoms. The molecule has 5 heteroatoms. The van der Waals surface area contributed by atoms with Crippen molar-refractivity contribution in [2.45, 2.75) is 57.3 Å². The maximum Gasteiger partial charge on any atom is 0.220 e. The minimum Gasteiger partial charge on any atom is -0.344 e. The summed E-state index contributed by atoms with van der Waals surface area (Å²) in [6.45, 7) is 12.4. The van der Waals surface area contributed by atoms with Crippen LogP contribution >= 0.6 is 0 Å². The Balaban J connectivity index is 1.84. The molecule has 0 unspecified atom stereocenters. The zero-order valence-corrected chi connectivity index (χ0v) is 11.3. The smallest absolute Gasteiger partial charge is 0.220 e. The maximum atomic E-state index is 5.89. The molecule has 3 aliphatic heterocycles. The number of hydrogen-bond donors (Lipinski definition) is 0. The summed E-state index contributed by atoms with van der Waals surface area (Å²) in [6, 6.07) is 0. The molecule has 3 fully saturated rings. The van der Waals surface area contributed by atoms with Gasteiger partial charge in [-0.25, -0.2) is 0 Å². The summed E-state index contributed by atoms with van der Waals surface area (Å²) in [5.74, 6) is -2.17. The molecule has 18 heavy (non-hydrogen) atoms. The Morgan fingerprint density at radius 1 is 1.06 bits per heavy atom. The summed E-state index contributed by atoms with van der Waals surface area (Å²) < 4.78 is 29.0. The first-order valence-electron chi connectivity index (χ1n) is 6.26. The van der Waals surface area contributed by atoms with Gasteiger partial charge >= 0.3 is 0 Å². The minimum absolute atomic E-state index is 0.120. The molecular weight excluding hydrogens is 236 g/mol. The van der Waals surface area contributed by atoms with E-state index in [1.54, 1.807) is 0 Å². The van der Waals surface area contributed by atoms with Gasteiger partial charge in [-0.15, -0.1) is 0 Å². The molecule has 0 aromatic heterocycles. The zero-order valence-electron chi connectivity index (χ0n) is 11.3. The minimum atomic E-state index is -0.894. The van der Waals surface area contributed by atoms with E-state index >= 15 is 0 Å². The van der Waals surface area contributed by atoms with Crippen molar-refractivity contribution in [2.24, 2.45) is 0 Å². The highest BCUT2D eigenvalue weighted by Crippen LogP contribution is 2.46. The Bertz CT molecular complexity index is 387. The molecule has 3 heterocycles. The summed E-state index contributed by atoms with van der Waals surface area (Å²) in [4.78, 5) is 0. The van der Waals surface area contributed by atoms with Gasteiger partial charge in [0.15, 0.2) is 11.6 Å². The van der Waals surface area contributed by atoms with E-state index in [-0.39, 0.29) is 12.2 Å². The zero-order chi connectivity index (χ0) is 13.2. The van der Waals surface area contributed by atoms with E-state index in [4.69, 9.17) is 23.7 Å². The predicted octanol–water partition coefficient (Wildman–Crippen LogP) is 1.57. The van der Waals surface area contributed by atoms with Crippen LogP contribution in [0, 0.1) is 0 Å². The predicted molar refractivity (Wildman–Crippen MR) is 62.8 cm³/mol. The Morgan fingerprint density at radius 2 is 1.78 bits per heavy atom. The summed E-state index contributed by atoms with van der Waals surface area (Å²) in [7, 11) is 0. The monoisotopic (exact) mass is 256 g/mol. The molecule has 0 saturated carbocycles. The maximum absolute atomic E-state index is 5.89. The highest BCUT2D eigenvalue weighted by Gasteiger charge is 2.58. The van der Waals surface area contributed by atoms with Crippen molar-refractivity contribution < 1.29 is 23.7 Å². The largest absolute Gasteiger partial charge is 0.344 e. The summed E-state index contributed by atoms with van der Waals surface area (Å²) in [5.41, 5.74) is 0.745. The van der Waals surface area contributed by atoms with Gasteiger partial charge in [-0.1, -0.05) is 6.58 Å². The first kappa shape index (κ1) is 12.6. The van der Waals surface area contributed by atoms with Crippen LogP contribution in [0.1, 0.15) is 27.7 Å². The Morgan fingerprint density at radius 3 is 2.39 bits per heavy atom. The average molecular weight is 256 g/mol. The molecule has 3 rings (SSSR count). The summed E-state index contributed by atoms with van der Waals surface area (Å²) >= 11 is 0. The standard InChI is InChI=1S/C13H20O5/c1-8-10-9(16-12(4,5)17-10)6-14-13(8)7-15-11(2,3)18-13/h9-10H,1,6-7H2,2-5H3/t9-,10+,13+/m1/s1. The van der Waals surface area contributed by atoms with Crippen LogP contribution in [-0.2, 0) is 23.7 Å². The normalized spacial score (nSPS) is 45.4. The van der Waals surface area contributed by atoms with Crippen LogP contribution in [0.15, 0.2) is 12.2 Å². The lowest BCUT2D eigenvalue weighted by atomic mass is 9.95. The van der Waals surface area contributed by atoms with Crippen LogP contribution in [0.2, 0.25) is 0 Å². The first-order chi connectivity index (χ1) is 8.23. The SMILES string of the molecule is C=C1[C@@H]2OC(C)(C)O[C@@H]2CO[C@]12COC(C)(C)O2. The molecule has 5 nitrogen and oxygen atoms in total. The van der Waals surface area contributed by atoms with E-state index in [0.717, 1.165) is 5.57 Å². The summed E-state index contributed by atoms with van der Waals surface area (Å²) in [5, 5.41) is 0. The number of hydrogen-bond acceptors (Lipinski definition) is 5. The number of rotatable bonds is 0. The molecule has 0 aromatic rings. The molecule has 0 N–H and O–H groups in total. The fraction of sp³-hybridized carbons (Fsp3) is 0.846. The van der Waals surface area contributed by atoms with Crippen LogP contribution in [0.4, 0.5) is 0 Å². The van der Waals surface area contributed by atoms with Gasteiger partial charge in [-0.3, -0.25) is 0 Å². The van der Waals surface area contributed by atoms with E-state index < -0.39 is 17.4 Å². The van der Waals surface area contributed by atoms with Crippen molar-refractivity contribution >= 4 is 0 Å². The fourth-order valence-corrected chi connectivity index (χ4v) is 2.73. The molecule has 0 bridgehead atoms. The molecule has 0 radical (unpaired) electrons. The van der Waals surface area contributed by atoms with Crippen molar-refractivity contribution in [3.05, 3.63) is 12.2 Å². The molecule has 3 saturated heterocycles.